The summed E-state index contributed by atoms with van der Waals surface area (Å²) in [4.78, 5) is 9.18. The van der Waals surface area contributed by atoms with Crippen LogP contribution in [0.1, 0.15) is 6.92 Å². The number of rotatable bonds is 2. The molecule has 0 aromatic heterocycles. The molecule has 0 spiro atoms. The predicted molar refractivity (Wildman–Crippen MR) is 77.2 cm³/mol. The van der Waals surface area contributed by atoms with E-state index in [1.807, 2.05) is 0 Å². The molecule has 0 atom stereocenters. The number of carbonyl (C=O) groups excluding carboxylic acids is 1. The molecule has 4 N–H and O–H groups in total. The van der Waals surface area contributed by atoms with Crippen molar-refractivity contribution in [3.8, 4) is 23.0 Å². The molecule has 6 heteroatoms. The van der Waals surface area contributed by atoms with Crippen molar-refractivity contribution in [1.29, 1.82) is 0 Å². The van der Waals surface area contributed by atoms with Crippen LogP contribution >= 0.6 is 0 Å². The quantitative estimate of drug-likeness (QED) is 0.500. The van der Waals surface area contributed by atoms with E-state index in [4.69, 9.17) is 20.4 Å². The molecule has 0 unspecified atom stereocenters. The smallest absolute Gasteiger partial charge is 0.293 e. The second-order valence-corrected chi connectivity index (χ2v) is 3.58. The van der Waals surface area contributed by atoms with Crippen LogP contribution in [-0.2, 0) is 9.53 Å². The van der Waals surface area contributed by atoms with Crippen LogP contribution in [0.5, 0.6) is 23.0 Å². The summed E-state index contributed by atoms with van der Waals surface area (Å²) in [5.41, 5.74) is 0. The third kappa shape index (κ3) is 10.7. The summed E-state index contributed by atoms with van der Waals surface area (Å²) in [5, 5.41) is 34.6. The van der Waals surface area contributed by atoms with Crippen molar-refractivity contribution in [3.63, 3.8) is 0 Å². The van der Waals surface area contributed by atoms with E-state index in [0.717, 1.165) is 0 Å². The third-order valence-corrected chi connectivity index (χ3v) is 1.93. The normalized spacial score (nSPS) is 8.43. The molecule has 2 aromatic rings. The highest BCUT2D eigenvalue weighted by atomic mass is 16.5. The molecule has 2 rings (SSSR count). The van der Waals surface area contributed by atoms with Gasteiger partial charge in [0.1, 0.15) is 23.0 Å². The molecule has 0 aliphatic carbocycles. The topological polar surface area (TPSA) is 107 Å². The summed E-state index contributed by atoms with van der Waals surface area (Å²) < 4.78 is 4.15. The number of aromatic hydroxyl groups is 4. The molecule has 0 saturated heterocycles. The van der Waals surface area contributed by atoms with Gasteiger partial charge >= 0.3 is 0 Å². The monoisotopic (exact) mass is 294 g/mol. The number of benzene rings is 2. The Bertz CT molecular complexity index is 407. The van der Waals surface area contributed by atoms with E-state index in [9.17, 15) is 4.79 Å². The van der Waals surface area contributed by atoms with Crippen molar-refractivity contribution in [1.82, 2.24) is 0 Å². The van der Waals surface area contributed by atoms with Gasteiger partial charge in [-0.05, 0) is 55.5 Å². The first-order valence-corrected chi connectivity index (χ1v) is 6.00. The maximum absolute atomic E-state index is 9.18. The van der Waals surface area contributed by atoms with E-state index in [0.29, 0.717) is 13.1 Å². The molecule has 114 valence electrons. The Kier molecular flexibility index (Phi) is 9.47. The van der Waals surface area contributed by atoms with E-state index < -0.39 is 0 Å². The van der Waals surface area contributed by atoms with E-state index in [1.54, 1.807) is 6.92 Å². The van der Waals surface area contributed by atoms with Crippen molar-refractivity contribution >= 4 is 6.47 Å². The standard InChI is InChI=1S/2C6H6O2.C3H6O2/c2*7-5-1-2-6(8)4-3-5;1-2-5-3-4/h2*1-4,7-8H;3H,2H2,1H3. The highest BCUT2D eigenvalue weighted by Crippen LogP contribution is 2.13. The maximum atomic E-state index is 9.18. The van der Waals surface area contributed by atoms with E-state index in [1.165, 1.54) is 48.5 Å². The number of hydrogen-bond acceptors (Lipinski definition) is 6. The van der Waals surface area contributed by atoms with Crippen molar-refractivity contribution < 1.29 is 30.0 Å². The van der Waals surface area contributed by atoms with Gasteiger partial charge in [-0.3, -0.25) is 4.79 Å². The molecular weight excluding hydrogens is 276 g/mol. The Morgan fingerprint density at radius 1 is 0.762 bits per heavy atom. The van der Waals surface area contributed by atoms with E-state index in [2.05, 4.69) is 4.74 Å². The molecule has 2 aromatic carbocycles. The summed E-state index contributed by atoms with van der Waals surface area (Å²) in [6.45, 7) is 2.66. The molecule has 0 saturated carbocycles. The van der Waals surface area contributed by atoms with Crippen LogP contribution in [0.3, 0.4) is 0 Å². The molecule has 0 heterocycles. The Balaban J connectivity index is 0.000000296. The first-order valence-electron chi connectivity index (χ1n) is 6.00. The minimum Gasteiger partial charge on any atom is -0.508 e. The van der Waals surface area contributed by atoms with Gasteiger partial charge in [-0.1, -0.05) is 0 Å². The van der Waals surface area contributed by atoms with Gasteiger partial charge < -0.3 is 25.2 Å². The molecule has 0 fully saturated rings. The number of ether oxygens (including phenoxy) is 1. The minimum absolute atomic E-state index is 0.169. The van der Waals surface area contributed by atoms with Crippen LogP contribution in [0.2, 0.25) is 0 Å². The number of carbonyl (C=O) groups is 1. The fourth-order valence-corrected chi connectivity index (χ4v) is 0.973. The van der Waals surface area contributed by atoms with Gasteiger partial charge in [0.05, 0.1) is 6.61 Å². The molecule has 21 heavy (non-hydrogen) atoms. The van der Waals surface area contributed by atoms with Crippen LogP contribution in [-0.4, -0.2) is 33.5 Å². The highest BCUT2D eigenvalue weighted by Gasteiger charge is 1.85. The molecule has 6 nitrogen and oxygen atoms in total. The summed E-state index contributed by atoms with van der Waals surface area (Å²) >= 11 is 0. The van der Waals surface area contributed by atoms with Gasteiger partial charge in [0, 0.05) is 0 Å². The number of hydrogen-bond donors (Lipinski definition) is 4. The molecule has 0 aliphatic rings. The van der Waals surface area contributed by atoms with Gasteiger partial charge in [-0.25, -0.2) is 0 Å². The Morgan fingerprint density at radius 3 is 1.10 bits per heavy atom. The fraction of sp³-hybridized carbons (Fsp3) is 0.133. The molecule has 0 radical (unpaired) electrons. The predicted octanol–water partition coefficient (Wildman–Crippen LogP) is 2.37. The van der Waals surface area contributed by atoms with Gasteiger partial charge in [-0.2, -0.15) is 0 Å². The van der Waals surface area contributed by atoms with Crippen LogP contribution in [0.15, 0.2) is 48.5 Å². The first-order chi connectivity index (χ1) is 9.99. The van der Waals surface area contributed by atoms with Crippen LogP contribution in [0.25, 0.3) is 0 Å². The average molecular weight is 294 g/mol. The molecule has 0 bridgehead atoms. The third-order valence-electron chi connectivity index (χ3n) is 1.93. The van der Waals surface area contributed by atoms with Gasteiger partial charge in [-0.15, -0.1) is 0 Å². The highest BCUT2D eigenvalue weighted by molar-refractivity contribution is 5.36. The average Bonchev–Trinajstić information content (AvgIpc) is 2.48. The molecule has 0 amide bonds. The van der Waals surface area contributed by atoms with Gasteiger partial charge in [0.15, 0.2) is 0 Å². The zero-order chi connectivity index (χ0) is 16.1. The van der Waals surface area contributed by atoms with Crippen molar-refractivity contribution in [2.24, 2.45) is 0 Å². The Hall–Kier alpha value is -2.89. The minimum atomic E-state index is 0.169. The molecular formula is C15H18O6. The summed E-state index contributed by atoms with van der Waals surface area (Å²) in [5.74, 6) is 0.677. The van der Waals surface area contributed by atoms with Crippen LogP contribution in [0.4, 0.5) is 0 Å². The second-order valence-electron chi connectivity index (χ2n) is 3.58. The van der Waals surface area contributed by atoms with Crippen molar-refractivity contribution in [3.05, 3.63) is 48.5 Å². The first kappa shape index (κ1) is 18.1. The summed E-state index contributed by atoms with van der Waals surface area (Å²) in [6, 6.07) is 11.4. The van der Waals surface area contributed by atoms with Crippen LogP contribution < -0.4 is 0 Å². The Morgan fingerprint density at radius 2 is 1.00 bits per heavy atom. The maximum Gasteiger partial charge on any atom is 0.293 e. The Labute approximate surface area is 122 Å². The SMILES string of the molecule is CCOC=O.Oc1ccc(O)cc1.Oc1ccc(O)cc1. The van der Waals surface area contributed by atoms with Crippen molar-refractivity contribution in [2.45, 2.75) is 6.92 Å². The second kappa shape index (κ2) is 11.0. The lowest BCUT2D eigenvalue weighted by atomic mass is 10.3. The zero-order valence-electron chi connectivity index (χ0n) is 11.5. The van der Waals surface area contributed by atoms with Gasteiger partial charge in [0.25, 0.3) is 6.47 Å². The van der Waals surface area contributed by atoms with Crippen molar-refractivity contribution in [2.75, 3.05) is 6.61 Å². The lowest BCUT2D eigenvalue weighted by molar-refractivity contribution is -0.128. The zero-order valence-corrected chi connectivity index (χ0v) is 11.5. The number of phenolic OH excluding ortho intramolecular Hbond substituents is 4. The summed E-state index contributed by atoms with van der Waals surface area (Å²) in [6.07, 6.45) is 0. The van der Waals surface area contributed by atoms with Gasteiger partial charge in [0.2, 0.25) is 0 Å². The lowest BCUT2D eigenvalue weighted by Crippen LogP contribution is -1.80. The van der Waals surface area contributed by atoms with E-state index >= 15 is 0 Å². The largest absolute Gasteiger partial charge is 0.508 e. The fourth-order valence-electron chi connectivity index (χ4n) is 0.973. The van der Waals surface area contributed by atoms with Crippen LogP contribution in [0, 0.1) is 0 Å². The number of phenols is 4. The van der Waals surface area contributed by atoms with E-state index in [-0.39, 0.29) is 23.0 Å². The lowest BCUT2D eigenvalue weighted by Gasteiger charge is -1.88. The molecule has 0 aliphatic heterocycles. The summed E-state index contributed by atoms with van der Waals surface area (Å²) in [7, 11) is 0.